The fourth-order valence-corrected chi connectivity index (χ4v) is 5.65. The maximum atomic E-state index is 13.4. The van der Waals surface area contributed by atoms with Gasteiger partial charge in [0.25, 0.3) is 0 Å². The molecule has 1 aliphatic rings. The predicted molar refractivity (Wildman–Crippen MR) is 193 cm³/mol. The van der Waals surface area contributed by atoms with Crippen molar-refractivity contribution in [1.82, 2.24) is 0 Å². The SMILES string of the molecule is [2H]C(CCCCCC)C(=O)O[C@@H]1C(OC(O)[C@@H](O)[C@@H](O)[C@H](O)[C@@H](O)CO)O[C@H](COC(=O)CCCCC)[C@@H](OC(=O)CCCCC)[C@@H]1OC(=O)CCCCC. The van der Waals surface area contributed by atoms with Gasteiger partial charge in [-0.25, -0.2) is 0 Å². The summed E-state index contributed by atoms with van der Waals surface area (Å²) in [5.41, 5.74) is 0. The van der Waals surface area contributed by atoms with E-state index in [0.717, 1.165) is 44.9 Å². The number of carbonyl (C=O) groups excluding carboxylic acids is 4. The van der Waals surface area contributed by atoms with E-state index in [1.165, 1.54) is 0 Å². The number of ether oxygens (including phenoxy) is 6. The van der Waals surface area contributed by atoms with Gasteiger partial charge in [0.1, 0.15) is 37.1 Å². The van der Waals surface area contributed by atoms with Gasteiger partial charge in [-0.15, -0.1) is 0 Å². The van der Waals surface area contributed by atoms with Crippen LogP contribution in [0.3, 0.4) is 0 Å². The average Bonchev–Trinajstić information content (AvgIpc) is 3.16. The molecule has 11 atom stereocenters. The van der Waals surface area contributed by atoms with E-state index in [-0.39, 0.29) is 25.7 Å². The van der Waals surface area contributed by atoms with Gasteiger partial charge in [-0.05, 0) is 25.7 Å². The van der Waals surface area contributed by atoms with E-state index in [0.29, 0.717) is 38.5 Å². The number of hydrogen-bond acceptors (Lipinski definition) is 16. The van der Waals surface area contributed by atoms with Crippen molar-refractivity contribution in [2.75, 3.05) is 13.2 Å². The Balaban J connectivity index is 3.70. The van der Waals surface area contributed by atoms with Crippen LogP contribution < -0.4 is 0 Å². The van der Waals surface area contributed by atoms with Crippen LogP contribution in [-0.2, 0) is 47.6 Å². The van der Waals surface area contributed by atoms with E-state index in [1.54, 1.807) is 0 Å². The van der Waals surface area contributed by atoms with E-state index in [4.69, 9.17) is 29.8 Å². The van der Waals surface area contributed by atoms with Gasteiger partial charge in [-0.1, -0.05) is 91.9 Å². The molecule has 6 N–H and O–H groups in total. The molecule has 1 aliphatic heterocycles. The normalized spacial score (nSPS) is 23.6. The van der Waals surface area contributed by atoms with Gasteiger partial charge in [0.2, 0.25) is 6.29 Å². The minimum atomic E-state index is -2.45. The van der Waals surface area contributed by atoms with Crippen LogP contribution in [0.25, 0.3) is 0 Å². The summed E-state index contributed by atoms with van der Waals surface area (Å²) in [6.45, 7) is 6.27. The van der Waals surface area contributed by atoms with E-state index >= 15 is 0 Å². The lowest BCUT2D eigenvalue weighted by atomic mass is 9.97. The lowest BCUT2D eigenvalue weighted by Crippen LogP contribution is -2.64. The van der Waals surface area contributed by atoms with Gasteiger partial charge in [0, 0.05) is 27.0 Å². The zero-order chi connectivity index (χ0) is 41.3. The van der Waals surface area contributed by atoms with E-state index in [1.807, 2.05) is 27.7 Å². The molecule has 3 unspecified atom stereocenters. The first kappa shape index (κ1) is 47.7. The lowest BCUT2D eigenvalue weighted by molar-refractivity contribution is -0.349. The second-order valence-corrected chi connectivity index (χ2v) is 13.7. The first-order valence-electron chi connectivity index (χ1n) is 20.3. The van der Waals surface area contributed by atoms with Crippen LogP contribution >= 0.6 is 0 Å². The van der Waals surface area contributed by atoms with E-state index < -0.39 is 105 Å². The number of aliphatic hydroxyl groups is 6. The highest BCUT2D eigenvalue weighted by molar-refractivity contribution is 5.72. The van der Waals surface area contributed by atoms with Crippen molar-refractivity contribution in [3.63, 3.8) is 0 Å². The molecule has 1 heterocycles. The maximum absolute atomic E-state index is 13.4. The Labute approximate surface area is 321 Å². The highest BCUT2D eigenvalue weighted by Gasteiger charge is 2.54. The molecule has 0 bridgehead atoms. The maximum Gasteiger partial charge on any atom is 0.306 e. The Morgan fingerprint density at radius 2 is 1.07 bits per heavy atom. The quantitative estimate of drug-likeness (QED) is 0.0266. The Bertz CT molecular complexity index is 1080. The van der Waals surface area contributed by atoms with Gasteiger partial charge >= 0.3 is 23.9 Å². The van der Waals surface area contributed by atoms with Gasteiger partial charge in [-0.3, -0.25) is 19.2 Å². The number of aliphatic hydroxyl groups excluding tert-OH is 6. The van der Waals surface area contributed by atoms with Gasteiger partial charge in [-0.2, -0.15) is 0 Å². The Morgan fingerprint density at radius 3 is 1.61 bits per heavy atom. The number of hydrogen-bond donors (Lipinski definition) is 6. The third-order valence-corrected chi connectivity index (χ3v) is 8.96. The molecule has 16 nitrogen and oxygen atoms in total. The van der Waals surface area contributed by atoms with Crippen LogP contribution in [0.1, 0.15) is 145 Å². The molecule has 1 saturated heterocycles. The average molecular weight is 782 g/mol. The topological polar surface area (TPSA) is 245 Å². The van der Waals surface area contributed by atoms with Crippen molar-refractivity contribution in [3.05, 3.63) is 0 Å². The fraction of sp³-hybridized carbons (Fsp3) is 0.895. The van der Waals surface area contributed by atoms with Crippen LogP contribution in [0.4, 0.5) is 0 Å². The zero-order valence-electron chi connectivity index (χ0n) is 33.6. The Kier molecular flexibility index (Phi) is 25.5. The highest BCUT2D eigenvalue weighted by atomic mass is 16.8. The van der Waals surface area contributed by atoms with Crippen LogP contribution in [0.15, 0.2) is 0 Å². The first-order chi connectivity index (χ1) is 26.2. The third-order valence-electron chi connectivity index (χ3n) is 8.96. The second kappa shape index (κ2) is 28.9. The zero-order valence-corrected chi connectivity index (χ0v) is 32.6. The highest BCUT2D eigenvalue weighted by Crippen LogP contribution is 2.32. The molecule has 0 amide bonds. The summed E-state index contributed by atoms with van der Waals surface area (Å²) in [5.74, 6) is -3.20. The number of carbonyl (C=O) groups is 4. The van der Waals surface area contributed by atoms with E-state index in [9.17, 15) is 49.8 Å². The van der Waals surface area contributed by atoms with E-state index in [2.05, 4.69) is 0 Å². The third kappa shape index (κ3) is 18.9. The molecule has 1 rings (SSSR count). The molecule has 316 valence electrons. The van der Waals surface area contributed by atoms with Crippen molar-refractivity contribution in [2.24, 2.45) is 0 Å². The molecule has 0 aromatic carbocycles. The summed E-state index contributed by atoms with van der Waals surface area (Å²) in [5, 5.41) is 61.2. The molecule has 0 aliphatic carbocycles. The van der Waals surface area contributed by atoms with Crippen molar-refractivity contribution < 1.29 is 79.6 Å². The summed E-state index contributed by atoms with van der Waals surface area (Å²) < 4.78 is 43.0. The monoisotopic (exact) mass is 781 g/mol. The fourth-order valence-electron chi connectivity index (χ4n) is 5.65. The van der Waals surface area contributed by atoms with Crippen molar-refractivity contribution in [2.45, 2.75) is 205 Å². The molecular weight excluding hydrogens is 712 g/mol. The molecule has 0 aromatic rings. The van der Waals surface area contributed by atoms with Crippen molar-refractivity contribution >= 4 is 23.9 Å². The number of rotatable bonds is 30. The minimum Gasteiger partial charge on any atom is -0.463 e. The summed E-state index contributed by atoms with van der Waals surface area (Å²) >= 11 is 0. The van der Waals surface area contributed by atoms with Gasteiger partial charge in [0.15, 0.2) is 24.6 Å². The molecule has 0 spiro atoms. The molecule has 16 heteroatoms. The molecule has 0 saturated carbocycles. The van der Waals surface area contributed by atoms with Crippen LogP contribution in [0, 0.1) is 0 Å². The predicted octanol–water partition coefficient (Wildman–Crippen LogP) is 2.86. The standard InChI is InChI=1S/C38H68O16/c1-5-9-13-14-18-22-30(44)53-36-35(52-29(43)21-17-12-8-4)34(51-28(42)20-16-11-7-3)26(24-49-27(41)19-15-10-6-2)50-38(36)54-37(48)33(47)32(46)31(45)25(40)23-39/h25-26,31-40,45-48H,5-24H2,1-4H3/t25-,26+,31+,32-,33-,34+,35-,36-,37?,38?/m0/s1/i22D/t22?,25-,26+,31+,32-,33-,34+,35-,36-,37?,38?. The number of esters is 4. The molecule has 1 fully saturated rings. The van der Waals surface area contributed by atoms with Crippen molar-refractivity contribution in [3.8, 4) is 0 Å². The summed E-state index contributed by atoms with van der Waals surface area (Å²) in [7, 11) is 0. The Morgan fingerprint density at radius 1 is 0.593 bits per heavy atom. The van der Waals surface area contributed by atoms with Crippen LogP contribution in [0.5, 0.6) is 0 Å². The largest absolute Gasteiger partial charge is 0.463 e. The summed E-state index contributed by atoms with van der Waals surface area (Å²) in [6, 6.07) is 0. The number of unbranched alkanes of at least 4 members (excludes halogenated alkanes) is 9. The Hall–Kier alpha value is -2.44. The molecular formula is C38H68O16. The van der Waals surface area contributed by atoms with Crippen molar-refractivity contribution in [1.29, 1.82) is 0 Å². The van der Waals surface area contributed by atoms with Crippen LogP contribution in [-0.4, -0.2) is 129 Å². The smallest absolute Gasteiger partial charge is 0.306 e. The second-order valence-electron chi connectivity index (χ2n) is 13.7. The van der Waals surface area contributed by atoms with Gasteiger partial charge < -0.3 is 59.1 Å². The first-order valence-corrected chi connectivity index (χ1v) is 19.7. The van der Waals surface area contributed by atoms with Crippen LogP contribution in [0.2, 0.25) is 0 Å². The summed E-state index contributed by atoms with van der Waals surface area (Å²) in [6.07, 6.45) is -12.0. The molecule has 0 radical (unpaired) electrons. The summed E-state index contributed by atoms with van der Waals surface area (Å²) in [4.78, 5) is 52.6. The molecule has 54 heavy (non-hydrogen) atoms. The van der Waals surface area contributed by atoms with Gasteiger partial charge in [0.05, 0.1) is 6.61 Å². The molecule has 0 aromatic heterocycles. The lowest BCUT2D eigenvalue weighted by Gasteiger charge is -2.45. The minimum absolute atomic E-state index is 0.0349.